The molecule has 0 atom stereocenters. The number of thiophene rings is 1. The van der Waals surface area contributed by atoms with Crippen molar-refractivity contribution in [2.45, 2.75) is 6.42 Å². The first-order valence-electron chi connectivity index (χ1n) is 5.00. The van der Waals surface area contributed by atoms with Crippen molar-refractivity contribution < 1.29 is 5.11 Å². The van der Waals surface area contributed by atoms with Crippen LogP contribution in [0.15, 0.2) is 35.0 Å². The summed E-state index contributed by atoms with van der Waals surface area (Å²) in [6.45, 7) is 0. The van der Waals surface area contributed by atoms with E-state index in [1.54, 1.807) is 23.5 Å². The molecule has 0 aliphatic rings. The van der Waals surface area contributed by atoms with Gasteiger partial charge >= 0.3 is 0 Å². The van der Waals surface area contributed by atoms with E-state index in [1.165, 1.54) is 5.56 Å². The maximum absolute atomic E-state index is 9.35. The lowest BCUT2D eigenvalue weighted by Crippen LogP contribution is -1.87. The number of benzene rings is 1. The molecule has 2 N–H and O–H groups in total. The minimum Gasteiger partial charge on any atom is -0.508 e. The highest BCUT2D eigenvalue weighted by Crippen LogP contribution is 2.19. The molecule has 3 nitrogen and oxygen atoms in total. The van der Waals surface area contributed by atoms with Crippen LogP contribution in [0.4, 0.5) is 0 Å². The molecular formula is C12H10N2OS. The number of aromatic nitrogens is 2. The predicted molar refractivity (Wildman–Crippen MR) is 64.9 cm³/mol. The van der Waals surface area contributed by atoms with Gasteiger partial charge in [0.25, 0.3) is 0 Å². The molecule has 0 unspecified atom stereocenters. The van der Waals surface area contributed by atoms with Crippen LogP contribution in [0, 0.1) is 0 Å². The van der Waals surface area contributed by atoms with E-state index in [9.17, 15) is 5.11 Å². The average molecular weight is 230 g/mol. The largest absolute Gasteiger partial charge is 0.508 e. The minimum absolute atomic E-state index is 0.262. The molecule has 0 saturated carbocycles. The van der Waals surface area contributed by atoms with Crippen molar-refractivity contribution in [2.75, 3.05) is 0 Å². The monoisotopic (exact) mass is 230 g/mol. The second kappa shape index (κ2) is 3.64. The zero-order chi connectivity index (χ0) is 11.0. The Kier molecular flexibility index (Phi) is 2.15. The van der Waals surface area contributed by atoms with Crippen LogP contribution in [-0.4, -0.2) is 15.1 Å². The zero-order valence-electron chi connectivity index (χ0n) is 8.47. The zero-order valence-corrected chi connectivity index (χ0v) is 9.29. The Morgan fingerprint density at radius 3 is 3.06 bits per heavy atom. The minimum atomic E-state index is 0.262. The number of rotatable bonds is 2. The van der Waals surface area contributed by atoms with Crippen molar-refractivity contribution in [3.05, 3.63) is 46.4 Å². The summed E-state index contributed by atoms with van der Waals surface area (Å²) in [4.78, 5) is 7.67. The summed E-state index contributed by atoms with van der Waals surface area (Å²) < 4.78 is 0. The van der Waals surface area contributed by atoms with Gasteiger partial charge in [-0.3, -0.25) is 0 Å². The molecule has 0 aliphatic carbocycles. The highest BCUT2D eigenvalue weighted by molar-refractivity contribution is 7.07. The Morgan fingerprint density at radius 2 is 2.25 bits per heavy atom. The number of hydrogen-bond acceptors (Lipinski definition) is 3. The van der Waals surface area contributed by atoms with E-state index in [0.29, 0.717) is 0 Å². The smallest absolute Gasteiger partial charge is 0.117 e. The number of aromatic amines is 1. The van der Waals surface area contributed by atoms with Crippen molar-refractivity contribution in [3.63, 3.8) is 0 Å². The van der Waals surface area contributed by atoms with Crippen molar-refractivity contribution in [3.8, 4) is 5.75 Å². The van der Waals surface area contributed by atoms with Crippen LogP contribution < -0.4 is 0 Å². The molecule has 0 radical (unpaired) electrons. The Balaban J connectivity index is 1.99. The molecule has 3 rings (SSSR count). The van der Waals surface area contributed by atoms with Crippen LogP contribution in [0.2, 0.25) is 0 Å². The van der Waals surface area contributed by atoms with Gasteiger partial charge in [0, 0.05) is 12.5 Å². The number of nitrogens with zero attached hydrogens (tertiary/aromatic N) is 1. The van der Waals surface area contributed by atoms with Gasteiger partial charge in [-0.25, -0.2) is 4.98 Å². The lowest BCUT2D eigenvalue weighted by Gasteiger charge is -1.91. The second-order valence-corrected chi connectivity index (χ2v) is 4.47. The molecule has 16 heavy (non-hydrogen) atoms. The summed E-state index contributed by atoms with van der Waals surface area (Å²) in [5.74, 6) is 1.19. The highest BCUT2D eigenvalue weighted by atomic mass is 32.1. The van der Waals surface area contributed by atoms with E-state index in [1.807, 2.05) is 6.07 Å². The number of fused-ring (bicyclic) bond motifs is 1. The number of hydrogen-bond donors (Lipinski definition) is 2. The molecule has 0 bridgehead atoms. The van der Waals surface area contributed by atoms with Crippen LogP contribution in [0.5, 0.6) is 5.75 Å². The fourth-order valence-corrected chi connectivity index (χ4v) is 2.39. The number of phenolic OH excluding ortho intramolecular Hbond substituents is 1. The Hall–Kier alpha value is -1.81. The fourth-order valence-electron chi connectivity index (χ4n) is 1.72. The van der Waals surface area contributed by atoms with Gasteiger partial charge in [-0.15, -0.1) is 0 Å². The van der Waals surface area contributed by atoms with Gasteiger partial charge in [-0.1, -0.05) is 0 Å². The summed E-state index contributed by atoms with van der Waals surface area (Å²) in [6.07, 6.45) is 0.805. The SMILES string of the molecule is Oc1ccc2nc(Cc3ccsc3)[nH]c2c1. The number of H-pyrrole nitrogens is 1. The van der Waals surface area contributed by atoms with Crippen LogP contribution in [0.25, 0.3) is 11.0 Å². The first-order chi connectivity index (χ1) is 7.81. The van der Waals surface area contributed by atoms with E-state index in [4.69, 9.17) is 0 Å². The Labute approximate surface area is 96.4 Å². The summed E-state index contributed by atoms with van der Waals surface area (Å²) >= 11 is 1.69. The molecule has 0 aliphatic heterocycles. The molecule has 4 heteroatoms. The van der Waals surface area contributed by atoms with Gasteiger partial charge in [0.2, 0.25) is 0 Å². The normalized spacial score (nSPS) is 11.0. The van der Waals surface area contributed by atoms with E-state index in [-0.39, 0.29) is 5.75 Å². The summed E-state index contributed by atoms with van der Waals surface area (Å²) in [6, 6.07) is 7.25. The first-order valence-corrected chi connectivity index (χ1v) is 5.94. The van der Waals surface area contributed by atoms with Crippen molar-refractivity contribution in [1.29, 1.82) is 0 Å². The second-order valence-electron chi connectivity index (χ2n) is 3.69. The molecule has 0 spiro atoms. The van der Waals surface area contributed by atoms with E-state index in [0.717, 1.165) is 23.3 Å². The van der Waals surface area contributed by atoms with Crippen LogP contribution in [-0.2, 0) is 6.42 Å². The molecule has 3 aromatic rings. The molecular weight excluding hydrogens is 220 g/mol. The highest BCUT2D eigenvalue weighted by Gasteiger charge is 2.04. The van der Waals surface area contributed by atoms with E-state index in [2.05, 4.69) is 26.8 Å². The van der Waals surface area contributed by atoms with E-state index < -0.39 is 0 Å². The molecule has 0 fully saturated rings. The number of nitrogens with one attached hydrogen (secondary N) is 1. The van der Waals surface area contributed by atoms with Crippen molar-refractivity contribution in [1.82, 2.24) is 9.97 Å². The lowest BCUT2D eigenvalue weighted by molar-refractivity contribution is 0.476. The summed E-state index contributed by atoms with van der Waals surface area (Å²) in [5.41, 5.74) is 3.03. The molecule has 1 aromatic carbocycles. The molecule has 80 valence electrons. The third-order valence-corrected chi connectivity index (χ3v) is 3.20. The fraction of sp³-hybridized carbons (Fsp3) is 0.0833. The van der Waals surface area contributed by atoms with Crippen LogP contribution in [0.1, 0.15) is 11.4 Å². The van der Waals surface area contributed by atoms with Gasteiger partial charge in [0.15, 0.2) is 0 Å². The van der Waals surface area contributed by atoms with Gasteiger partial charge in [-0.05, 0) is 34.5 Å². The molecule has 0 saturated heterocycles. The Morgan fingerprint density at radius 1 is 1.31 bits per heavy atom. The number of imidazole rings is 1. The predicted octanol–water partition coefficient (Wildman–Crippen LogP) is 2.92. The van der Waals surface area contributed by atoms with E-state index >= 15 is 0 Å². The van der Waals surface area contributed by atoms with Gasteiger partial charge in [0.1, 0.15) is 11.6 Å². The maximum atomic E-state index is 9.35. The molecule has 2 aromatic heterocycles. The third-order valence-electron chi connectivity index (χ3n) is 2.47. The van der Waals surface area contributed by atoms with Crippen LogP contribution >= 0.6 is 11.3 Å². The third kappa shape index (κ3) is 1.67. The average Bonchev–Trinajstić information content (AvgIpc) is 2.86. The quantitative estimate of drug-likeness (QED) is 0.711. The van der Waals surface area contributed by atoms with Gasteiger partial charge in [-0.2, -0.15) is 11.3 Å². The summed E-state index contributed by atoms with van der Waals surface area (Å²) in [7, 11) is 0. The van der Waals surface area contributed by atoms with Crippen LogP contribution in [0.3, 0.4) is 0 Å². The topological polar surface area (TPSA) is 48.9 Å². The van der Waals surface area contributed by atoms with Crippen molar-refractivity contribution in [2.24, 2.45) is 0 Å². The Bertz CT molecular complexity index is 613. The number of aromatic hydroxyl groups is 1. The lowest BCUT2D eigenvalue weighted by atomic mass is 10.2. The first kappa shape index (κ1) is 9.42. The molecule has 2 heterocycles. The van der Waals surface area contributed by atoms with Crippen molar-refractivity contribution >= 4 is 22.4 Å². The van der Waals surface area contributed by atoms with Gasteiger partial charge < -0.3 is 10.1 Å². The maximum Gasteiger partial charge on any atom is 0.117 e. The standard InChI is InChI=1S/C12H10N2OS/c15-9-1-2-10-11(6-9)14-12(13-10)5-8-3-4-16-7-8/h1-4,6-7,15H,5H2,(H,13,14). The summed E-state index contributed by atoms with van der Waals surface area (Å²) in [5, 5.41) is 13.5. The number of phenols is 1. The van der Waals surface area contributed by atoms with Gasteiger partial charge in [0.05, 0.1) is 11.0 Å². The molecule has 0 amide bonds.